The third-order valence-corrected chi connectivity index (χ3v) is 3.51. The molecule has 1 N–H and O–H groups in total. The van der Waals surface area contributed by atoms with Crippen LogP contribution in [0.25, 0.3) is 0 Å². The summed E-state index contributed by atoms with van der Waals surface area (Å²) in [7, 11) is 1.68. The summed E-state index contributed by atoms with van der Waals surface area (Å²) in [4.78, 5) is 11.8. The first-order valence-electron chi connectivity index (χ1n) is 6.59. The zero-order valence-corrected chi connectivity index (χ0v) is 11.3. The van der Waals surface area contributed by atoms with E-state index in [9.17, 15) is 4.79 Å². The molecule has 0 radical (unpaired) electrons. The van der Waals surface area contributed by atoms with Crippen molar-refractivity contribution in [2.45, 2.75) is 39.2 Å². The molecule has 18 heavy (non-hydrogen) atoms. The summed E-state index contributed by atoms with van der Waals surface area (Å²) >= 11 is 0. The van der Waals surface area contributed by atoms with Crippen molar-refractivity contribution in [1.29, 1.82) is 0 Å². The van der Waals surface area contributed by atoms with Crippen LogP contribution >= 0.6 is 0 Å². The summed E-state index contributed by atoms with van der Waals surface area (Å²) < 4.78 is 5.25. The first kappa shape index (κ1) is 12.9. The van der Waals surface area contributed by atoms with Gasteiger partial charge in [-0.3, -0.25) is 4.79 Å². The fourth-order valence-corrected chi connectivity index (χ4v) is 2.41. The lowest BCUT2D eigenvalue weighted by molar-refractivity contribution is -0.124. The number of carbonyl (C=O) groups is 1. The van der Waals surface area contributed by atoms with Gasteiger partial charge in [-0.15, -0.1) is 0 Å². The van der Waals surface area contributed by atoms with Crippen LogP contribution < -0.4 is 10.1 Å². The molecule has 1 amide bonds. The smallest absolute Gasteiger partial charge is 0.223 e. The summed E-state index contributed by atoms with van der Waals surface area (Å²) in [6.45, 7) is 3.85. The Morgan fingerprint density at radius 3 is 2.89 bits per heavy atom. The molecule has 0 unspecified atom stereocenters. The monoisotopic (exact) mass is 247 g/mol. The molecule has 0 aliphatic heterocycles. The lowest BCUT2D eigenvalue weighted by Crippen LogP contribution is -2.33. The molecule has 0 heterocycles. The van der Waals surface area contributed by atoms with Crippen LogP contribution in [0.1, 0.15) is 43.9 Å². The molecule has 1 aliphatic rings. The van der Waals surface area contributed by atoms with Crippen LogP contribution in [0.5, 0.6) is 5.75 Å². The van der Waals surface area contributed by atoms with Crippen molar-refractivity contribution in [2.75, 3.05) is 7.11 Å². The Hall–Kier alpha value is -1.51. The minimum absolute atomic E-state index is 0.0358. The minimum Gasteiger partial charge on any atom is -0.497 e. The van der Waals surface area contributed by atoms with Gasteiger partial charge in [0, 0.05) is 5.92 Å². The number of methoxy groups -OCH3 is 1. The molecule has 1 aliphatic carbocycles. The number of hydrogen-bond acceptors (Lipinski definition) is 2. The Bertz CT molecular complexity index is 440. The summed E-state index contributed by atoms with van der Waals surface area (Å²) in [5, 5.41) is 3.13. The predicted molar refractivity (Wildman–Crippen MR) is 71.7 cm³/mol. The Morgan fingerprint density at radius 2 is 2.22 bits per heavy atom. The van der Waals surface area contributed by atoms with Crippen molar-refractivity contribution in [3.8, 4) is 5.75 Å². The van der Waals surface area contributed by atoms with Gasteiger partial charge in [-0.1, -0.05) is 19.9 Å². The van der Waals surface area contributed by atoms with Crippen LogP contribution in [0.15, 0.2) is 18.2 Å². The van der Waals surface area contributed by atoms with E-state index < -0.39 is 0 Å². The van der Waals surface area contributed by atoms with Crippen LogP contribution in [0.4, 0.5) is 0 Å². The number of nitrogens with one attached hydrogen (secondary N) is 1. The number of amides is 1. The lowest BCUT2D eigenvalue weighted by Gasteiger charge is -2.27. The molecule has 0 saturated carbocycles. The molecule has 1 aromatic rings. The van der Waals surface area contributed by atoms with E-state index >= 15 is 0 Å². The maximum atomic E-state index is 11.8. The molecule has 0 aromatic heterocycles. The van der Waals surface area contributed by atoms with Crippen LogP contribution in [-0.2, 0) is 11.2 Å². The van der Waals surface area contributed by atoms with Gasteiger partial charge in [0.15, 0.2) is 0 Å². The number of fused-ring (bicyclic) bond motifs is 1. The molecule has 0 fully saturated rings. The van der Waals surface area contributed by atoms with Crippen molar-refractivity contribution in [3.63, 3.8) is 0 Å². The van der Waals surface area contributed by atoms with Gasteiger partial charge >= 0.3 is 0 Å². The Kier molecular flexibility index (Phi) is 3.90. The first-order chi connectivity index (χ1) is 8.61. The van der Waals surface area contributed by atoms with Crippen molar-refractivity contribution in [2.24, 2.45) is 5.92 Å². The van der Waals surface area contributed by atoms with Gasteiger partial charge in [-0.25, -0.2) is 0 Å². The number of rotatable bonds is 3. The molecule has 0 bridgehead atoms. The average Bonchev–Trinajstić information content (AvgIpc) is 2.38. The third-order valence-electron chi connectivity index (χ3n) is 3.51. The van der Waals surface area contributed by atoms with Crippen molar-refractivity contribution in [1.82, 2.24) is 5.32 Å². The molecule has 98 valence electrons. The number of carbonyl (C=O) groups excluding carboxylic acids is 1. The van der Waals surface area contributed by atoms with Gasteiger partial charge in [0.2, 0.25) is 5.91 Å². The van der Waals surface area contributed by atoms with Gasteiger partial charge in [0.05, 0.1) is 13.2 Å². The Morgan fingerprint density at radius 1 is 1.44 bits per heavy atom. The van der Waals surface area contributed by atoms with Gasteiger partial charge in [-0.05, 0) is 42.5 Å². The normalized spacial score (nSPS) is 18.3. The second-order valence-electron chi connectivity index (χ2n) is 5.17. The first-order valence-corrected chi connectivity index (χ1v) is 6.59. The topological polar surface area (TPSA) is 38.3 Å². The second-order valence-corrected chi connectivity index (χ2v) is 5.17. The minimum atomic E-state index is 0.0358. The van der Waals surface area contributed by atoms with Crippen molar-refractivity contribution < 1.29 is 9.53 Å². The molecule has 2 rings (SSSR count). The van der Waals surface area contributed by atoms with E-state index in [2.05, 4.69) is 17.4 Å². The predicted octanol–water partition coefficient (Wildman–Crippen LogP) is 2.84. The highest BCUT2D eigenvalue weighted by molar-refractivity contribution is 5.78. The molecule has 1 aromatic carbocycles. The van der Waals surface area contributed by atoms with E-state index in [-0.39, 0.29) is 17.9 Å². The molecule has 0 spiro atoms. The number of aryl methyl sites for hydroxylation is 1. The highest BCUT2D eigenvalue weighted by Gasteiger charge is 2.22. The van der Waals surface area contributed by atoms with E-state index in [0.29, 0.717) is 0 Å². The van der Waals surface area contributed by atoms with Gasteiger partial charge in [0.25, 0.3) is 0 Å². The van der Waals surface area contributed by atoms with E-state index in [1.165, 1.54) is 11.1 Å². The van der Waals surface area contributed by atoms with Gasteiger partial charge in [0.1, 0.15) is 5.75 Å². The number of hydrogen-bond donors (Lipinski definition) is 1. The van der Waals surface area contributed by atoms with Crippen LogP contribution in [-0.4, -0.2) is 13.0 Å². The summed E-state index contributed by atoms with van der Waals surface area (Å²) in [5.41, 5.74) is 2.55. The van der Waals surface area contributed by atoms with Gasteiger partial charge in [-0.2, -0.15) is 0 Å². The molecular formula is C15H21NO2. The summed E-state index contributed by atoms with van der Waals surface area (Å²) in [6.07, 6.45) is 3.21. The van der Waals surface area contributed by atoms with E-state index in [1.807, 2.05) is 19.9 Å². The quantitative estimate of drug-likeness (QED) is 0.892. The number of benzene rings is 1. The lowest BCUT2D eigenvalue weighted by atomic mass is 9.87. The fraction of sp³-hybridized carbons (Fsp3) is 0.533. The van der Waals surface area contributed by atoms with Crippen molar-refractivity contribution >= 4 is 5.91 Å². The maximum absolute atomic E-state index is 11.8. The standard InChI is InChI=1S/C15H21NO2/c1-10(2)15(17)16-14-6-4-5-11-9-12(18-3)7-8-13(11)14/h7-10,14H,4-6H2,1-3H3,(H,16,17)/t14-/m1/s1. The SMILES string of the molecule is COc1ccc2c(c1)CCC[C@H]2NC(=O)C(C)C. The highest BCUT2D eigenvalue weighted by Crippen LogP contribution is 2.32. The van der Waals surface area contributed by atoms with E-state index in [1.54, 1.807) is 7.11 Å². The highest BCUT2D eigenvalue weighted by atomic mass is 16.5. The van der Waals surface area contributed by atoms with Crippen molar-refractivity contribution in [3.05, 3.63) is 29.3 Å². The fourth-order valence-electron chi connectivity index (χ4n) is 2.41. The Labute approximate surface area is 109 Å². The summed E-state index contributed by atoms with van der Waals surface area (Å²) in [6, 6.07) is 6.30. The third kappa shape index (κ3) is 2.66. The van der Waals surface area contributed by atoms with E-state index in [4.69, 9.17) is 4.74 Å². The number of ether oxygens (including phenoxy) is 1. The zero-order valence-electron chi connectivity index (χ0n) is 11.3. The van der Waals surface area contributed by atoms with Gasteiger partial charge < -0.3 is 10.1 Å². The zero-order chi connectivity index (χ0) is 13.1. The molecule has 3 nitrogen and oxygen atoms in total. The molecule has 0 saturated heterocycles. The van der Waals surface area contributed by atoms with E-state index in [0.717, 1.165) is 25.0 Å². The second kappa shape index (κ2) is 5.42. The summed E-state index contributed by atoms with van der Waals surface area (Å²) in [5.74, 6) is 1.06. The van der Waals surface area contributed by atoms with Crippen LogP contribution in [0.2, 0.25) is 0 Å². The molecule has 3 heteroatoms. The molecule has 1 atom stereocenters. The van der Waals surface area contributed by atoms with Crippen LogP contribution in [0, 0.1) is 5.92 Å². The largest absolute Gasteiger partial charge is 0.497 e. The van der Waals surface area contributed by atoms with Crippen LogP contribution in [0.3, 0.4) is 0 Å². The molecular weight excluding hydrogens is 226 g/mol. The Balaban J connectivity index is 2.20. The maximum Gasteiger partial charge on any atom is 0.223 e. The average molecular weight is 247 g/mol.